The summed E-state index contributed by atoms with van der Waals surface area (Å²) in [5.74, 6) is 0.0510. The van der Waals surface area contributed by atoms with Crippen LogP contribution in [0, 0.1) is 17.3 Å². The van der Waals surface area contributed by atoms with Gasteiger partial charge in [0.2, 0.25) is 0 Å². The van der Waals surface area contributed by atoms with Crippen molar-refractivity contribution in [1.82, 2.24) is 0 Å². The van der Waals surface area contributed by atoms with E-state index in [-0.39, 0.29) is 23.4 Å². The summed E-state index contributed by atoms with van der Waals surface area (Å²) in [5.41, 5.74) is 0.0796. The Labute approximate surface area is 141 Å². The van der Waals surface area contributed by atoms with Crippen molar-refractivity contribution < 1.29 is 19.4 Å². The minimum Gasteiger partial charge on any atom is -0.481 e. The van der Waals surface area contributed by atoms with Gasteiger partial charge in [0, 0.05) is 6.42 Å². The van der Waals surface area contributed by atoms with Crippen molar-refractivity contribution in [3.8, 4) is 0 Å². The number of aliphatic carboxylic acids is 1. The second kappa shape index (κ2) is 9.03. The van der Waals surface area contributed by atoms with Gasteiger partial charge in [0.1, 0.15) is 0 Å². The summed E-state index contributed by atoms with van der Waals surface area (Å²) in [4.78, 5) is 10.8. The standard InChI is InChI=1S/C19H36O4/c1-15(12-17(20)21)13-18(3,4)9-7-6-8-16(2)19(5)14-22-10-11-23-19/h15-16H,6-14H2,1-5H3,(H,20,21). The van der Waals surface area contributed by atoms with E-state index in [0.717, 1.165) is 19.3 Å². The van der Waals surface area contributed by atoms with Gasteiger partial charge in [-0.15, -0.1) is 0 Å². The van der Waals surface area contributed by atoms with Gasteiger partial charge in [-0.05, 0) is 43.4 Å². The van der Waals surface area contributed by atoms with Crippen LogP contribution in [0.1, 0.15) is 73.1 Å². The monoisotopic (exact) mass is 328 g/mol. The summed E-state index contributed by atoms with van der Waals surface area (Å²) in [6.07, 6.45) is 5.93. The molecule has 1 N–H and O–H groups in total. The average molecular weight is 328 g/mol. The van der Waals surface area contributed by atoms with Crippen LogP contribution in [-0.4, -0.2) is 36.5 Å². The largest absolute Gasteiger partial charge is 0.481 e. The Bertz CT molecular complexity index is 358. The molecule has 4 heteroatoms. The number of rotatable bonds is 10. The third-order valence-electron chi connectivity index (χ3n) is 5.26. The molecule has 0 radical (unpaired) electrons. The average Bonchev–Trinajstić information content (AvgIpc) is 2.42. The fourth-order valence-corrected chi connectivity index (χ4v) is 3.71. The van der Waals surface area contributed by atoms with Gasteiger partial charge in [-0.25, -0.2) is 0 Å². The molecule has 0 aromatic heterocycles. The van der Waals surface area contributed by atoms with E-state index in [9.17, 15) is 4.79 Å². The van der Waals surface area contributed by atoms with Crippen LogP contribution in [0.3, 0.4) is 0 Å². The molecule has 1 aliphatic rings. The Balaban J connectivity index is 2.25. The lowest BCUT2D eigenvalue weighted by Gasteiger charge is -2.39. The van der Waals surface area contributed by atoms with Crippen molar-refractivity contribution in [2.75, 3.05) is 19.8 Å². The Morgan fingerprint density at radius 1 is 1.26 bits per heavy atom. The zero-order chi connectivity index (χ0) is 17.5. The Hall–Kier alpha value is -0.610. The topological polar surface area (TPSA) is 55.8 Å². The molecule has 4 nitrogen and oxygen atoms in total. The van der Waals surface area contributed by atoms with E-state index < -0.39 is 5.97 Å². The van der Waals surface area contributed by atoms with Gasteiger partial charge < -0.3 is 14.6 Å². The zero-order valence-corrected chi connectivity index (χ0v) is 15.7. The fourth-order valence-electron chi connectivity index (χ4n) is 3.71. The lowest BCUT2D eigenvalue weighted by molar-refractivity contribution is -0.172. The predicted octanol–water partition coefficient (Wildman–Crippen LogP) is 4.52. The van der Waals surface area contributed by atoms with Crippen LogP contribution in [0.4, 0.5) is 0 Å². The minimum absolute atomic E-state index is 0.135. The summed E-state index contributed by atoms with van der Waals surface area (Å²) in [7, 11) is 0. The van der Waals surface area contributed by atoms with Crippen LogP contribution in [0.2, 0.25) is 0 Å². The molecule has 1 rings (SSSR count). The van der Waals surface area contributed by atoms with Crippen LogP contribution < -0.4 is 0 Å². The van der Waals surface area contributed by atoms with Gasteiger partial charge in [0.05, 0.1) is 25.4 Å². The number of unbranched alkanes of at least 4 members (excludes halogenated alkanes) is 1. The fraction of sp³-hybridized carbons (Fsp3) is 0.947. The van der Waals surface area contributed by atoms with Gasteiger partial charge in [-0.2, -0.15) is 0 Å². The molecule has 0 aromatic rings. The maximum absolute atomic E-state index is 10.8. The van der Waals surface area contributed by atoms with Gasteiger partial charge in [0.25, 0.3) is 0 Å². The minimum atomic E-state index is -0.690. The van der Waals surface area contributed by atoms with Crippen LogP contribution in [-0.2, 0) is 14.3 Å². The molecule has 23 heavy (non-hydrogen) atoms. The molecule has 0 spiro atoms. The Morgan fingerprint density at radius 2 is 1.96 bits per heavy atom. The molecule has 0 aromatic carbocycles. The summed E-state index contributed by atoms with van der Waals surface area (Å²) in [5, 5.41) is 8.88. The first-order valence-electron chi connectivity index (χ1n) is 9.08. The number of hydrogen-bond donors (Lipinski definition) is 1. The van der Waals surface area contributed by atoms with E-state index in [1.165, 1.54) is 12.8 Å². The molecule has 3 unspecified atom stereocenters. The smallest absolute Gasteiger partial charge is 0.303 e. The van der Waals surface area contributed by atoms with E-state index in [1.54, 1.807) is 0 Å². The SMILES string of the molecule is CC(CC(=O)O)CC(C)(C)CCCCC(C)C1(C)COCCO1. The molecule has 136 valence electrons. The summed E-state index contributed by atoms with van der Waals surface area (Å²) in [6.45, 7) is 13.1. The number of carboxylic acid groups (broad SMARTS) is 1. The summed E-state index contributed by atoms with van der Waals surface area (Å²) in [6, 6.07) is 0. The molecular weight excluding hydrogens is 292 g/mol. The lowest BCUT2D eigenvalue weighted by atomic mass is 9.77. The van der Waals surface area contributed by atoms with E-state index in [2.05, 4.69) is 27.7 Å². The third kappa shape index (κ3) is 7.67. The van der Waals surface area contributed by atoms with Gasteiger partial charge >= 0.3 is 5.97 Å². The predicted molar refractivity (Wildman–Crippen MR) is 92.6 cm³/mol. The van der Waals surface area contributed by atoms with E-state index >= 15 is 0 Å². The number of hydrogen-bond acceptors (Lipinski definition) is 3. The molecule has 3 atom stereocenters. The molecular formula is C19H36O4. The highest BCUT2D eigenvalue weighted by Crippen LogP contribution is 2.34. The second-order valence-electron chi connectivity index (χ2n) is 8.43. The van der Waals surface area contributed by atoms with Crippen molar-refractivity contribution >= 4 is 5.97 Å². The zero-order valence-electron chi connectivity index (χ0n) is 15.7. The van der Waals surface area contributed by atoms with Crippen LogP contribution in [0.25, 0.3) is 0 Å². The van der Waals surface area contributed by atoms with E-state index in [4.69, 9.17) is 14.6 Å². The molecule has 1 saturated heterocycles. The van der Waals surface area contributed by atoms with E-state index in [1.807, 2.05) is 6.92 Å². The molecule has 1 heterocycles. The second-order valence-corrected chi connectivity index (χ2v) is 8.43. The van der Waals surface area contributed by atoms with Crippen molar-refractivity contribution in [1.29, 1.82) is 0 Å². The molecule has 0 saturated carbocycles. The normalized spacial score (nSPS) is 25.1. The quantitative estimate of drug-likeness (QED) is 0.599. The maximum atomic E-state index is 10.8. The van der Waals surface area contributed by atoms with Crippen LogP contribution in [0.5, 0.6) is 0 Å². The van der Waals surface area contributed by atoms with Gasteiger partial charge in [-0.3, -0.25) is 4.79 Å². The highest BCUT2D eigenvalue weighted by atomic mass is 16.6. The highest BCUT2D eigenvalue weighted by molar-refractivity contribution is 5.66. The van der Waals surface area contributed by atoms with Crippen LogP contribution in [0.15, 0.2) is 0 Å². The number of carbonyl (C=O) groups is 1. The lowest BCUT2D eigenvalue weighted by Crippen LogP contribution is -2.45. The first-order chi connectivity index (χ1) is 10.6. The van der Waals surface area contributed by atoms with Crippen molar-refractivity contribution in [2.24, 2.45) is 17.3 Å². The van der Waals surface area contributed by atoms with Crippen LogP contribution >= 0.6 is 0 Å². The van der Waals surface area contributed by atoms with E-state index in [0.29, 0.717) is 25.7 Å². The van der Waals surface area contributed by atoms with Crippen molar-refractivity contribution in [3.05, 3.63) is 0 Å². The molecule has 1 aliphatic heterocycles. The first-order valence-corrected chi connectivity index (χ1v) is 9.08. The van der Waals surface area contributed by atoms with Gasteiger partial charge in [0.15, 0.2) is 0 Å². The van der Waals surface area contributed by atoms with Gasteiger partial charge in [-0.1, -0.05) is 40.5 Å². The Kier molecular flexibility index (Phi) is 8.02. The highest BCUT2D eigenvalue weighted by Gasteiger charge is 2.34. The number of carboxylic acids is 1. The Morgan fingerprint density at radius 3 is 2.52 bits per heavy atom. The molecule has 0 amide bonds. The summed E-state index contributed by atoms with van der Waals surface area (Å²) < 4.78 is 11.5. The molecule has 0 aliphatic carbocycles. The third-order valence-corrected chi connectivity index (χ3v) is 5.26. The maximum Gasteiger partial charge on any atom is 0.303 e. The van der Waals surface area contributed by atoms with Crippen molar-refractivity contribution in [2.45, 2.75) is 78.7 Å². The first kappa shape index (κ1) is 20.4. The molecule has 1 fully saturated rings. The molecule has 0 bridgehead atoms. The summed E-state index contributed by atoms with van der Waals surface area (Å²) >= 11 is 0. The van der Waals surface area contributed by atoms with Crippen molar-refractivity contribution in [3.63, 3.8) is 0 Å². The number of ether oxygens (including phenoxy) is 2.